The summed E-state index contributed by atoms with van der Waals surface area (Å²) in [6.07, 6.45) is -3.83. The first kappa shape index (κ1) is 13.2. The van der Waals surface area contributed by atoms with Gasteiger partial charge in [-0.3, -0.25) is 4.79 Å². The van der Waals surface area contributed by atoms with Crippen LogP contribution in [0.15, 0.2) is 23.7 Å². The van der Waals surface area contributed by atoms with Crippen molar-refractivity contribution in [2.75, 3.05) is 5.32 Å². The van der Waals surface area contributed by atoms with E-state index in [-0.39, 0.29) is 11.4 Å². The first-order valence-electron chi connectivity index (χ1n) is 5.90. The van der Waals surface area contributed by atoms with Crippen LogP contribution >= 0.6 is 11.3 Å². The SMILES string of the molecule is O=C1CC(C(F)(F)F)c2cnn(Cc3cccs3)c2N1. The Balaban J connectivity index is 1.97. The molecule has 3 rings (SSSR count). The van der Waals surface area contributed by atoms with Gasteiger partial charge in [-0.15, -0.1) is 11.3 Å². The van der Waals surface area contributed by atoms with Gasteiger partial charge in [-0.05, 0) is 11.4 Å². The lowest BCUT2D eigenvalue weighted by molar-refractivity contribution is -0.156. The van der Waals surface area contributed by atoms with Crippen molar-refractivity contribution in [1.82, 2.24) is 9.78 Å². The molecular formula is C12H10F3N3OS. The van der Waals surface area contributed by atoms with E-state index in [1.807, 2.05) is 17.5 Å². The number of hydrogen-bond donors (Lipinski definition) is 1. The predicted molar refractivity (Wildman–Crippen MR) is 67.7 cm³/mol. The number of anilines is 1. The Bertz CT molecular complexity index is 633. The van der Waals surface area contributed by atoms with Gasteiger partial charge >= 0.3 is 6.18 Å². The summed E-state index contributed by atoms with van der Waals surface area (Å²) >= 11 is 1.48. The molecule has 0 saturated carbocycles. The second-order valence-electron chi connectivity index (χ2n) is 4.53. The molecule has 0 saturated heterocycles. The molecule has 0 radical (unpaired) electrons. The molecule has 0 aliphatic carbocycles. The third kappa shape index (κ3) is 2.31. The lowest BCUT2D eigenvalue weighted by Crippen LogP contribution is -2.31. The van der Waals surface area contributed by atoms with E-state index in [1.54, 1.807) is 0 Å². The van der Waals surface area contributed by atoms with Crippen LogP contribution in [0.4, 0.5) is 19.0 Å². The van der Waals surface area contributed by atoms with E-state index in [9.17, 15) is 18.0 Å². The molecule has 1 N–H and O–H groups in total. The molecule has 1 aliphatic heterocycles. The summed E-state index contributed by atoms with van der Waals surface area (Å²) in [5.74, 6) is -2.26. The lowest BCUT2D eigenvalue weighted by Gasteiger charge is -2.25. The molecule has 1 unspecified atom stereocenters. The number of carbonyl (C=O) groups excluding carboxylic acids is 1. The van der Waals surface area contributed by atoms with Crippen LogP contribution in [0.25, 0.3) is 0 Å². The van der Waals surface area contributed by atoms with Crippen LogP contribution < -0.4 is 5.32 Å². The van der Waals surface area contributed by atoms with Crippen LogP contribution in [0.2, 0.25) is 0 Å². The number of fused-ring (bicyclic) bond motifs is 1. The molecule has 0 spiro atoms. The van der Waals surface area contributed by atoms with Crippen LogP contribution in [0.1, 0.15) is 22.8 Å². The first-order valence-corrected chi connectivity index (χ1v) is 6.78. The average molecular weight is 301 g/mol. The molecule has 2 aromatic heterocycles. The van der Waals surface area contributed by atoms with Gasteiger partial charge in [0.2, 0.25) is 5.91 Å². The minimum absolute atomic E-state index is 0.0358. The van der Waals surface area contributed by atoms with Crippen molar-refractivity contribution in [3.63, 3.8) is 0 Å². The zero-order chi connectivity index (χ0) is 14.3. The molecule has 0 fully saturated rings. The highest BCUT2D eigenvalue weighted by Gasteiger charge is 2.46. The highest BCUT2D eigenvalue weighted by molar-refractivity contribution is 7.09. The largest absolute Gasteiger partial charge is 0.396 e. The normalized spacial score (nSPS) is 18.8. The fourth-order valence-corrected chi connectivity index (χ4v) is 2.92. The Morgan fingerprint density at radius 1 is 1.50 bits per heavy atom. The summed E-state index contributed by atoms with van der Waals surface area (Å²) in [7, 11) is 0. The molecule has 1 amide bonds. The number of nitrogens with one attached hydrogen (secondary N) is 1. The number of halogens is 3. The maximum atomic E-state index is 13.0. The van der Waals surface area contributed by atoms with Crippen molar-refractivity contribution >= 4 is 23.1 Å². The lowest BCUT2D eigenvalue weighted by atomic mass is 9.94. The number of alkyl halides is 3. The minimum Gasteiger partial charge on any atom is -0.311 e. The van der Waals surface area contributed by atoms with Crippen LogP contribution in [0, 0.1) is 0 Å². The number of carbonyl (C=O) groups is 1. The summed E-state index contributed by atoms with van der Waals surface area (Å²) in [4.78, 5) is 12.4. The van der Waals surface area contributed by atoms with Crippen LogP contribution in [-0.4, -0.2) is 21.9 Å². The Hall–Kier alpha value is -1.83. The van der Waals surface area contributed by atoms with Gasteiger partial charge in [0.25, 0.3) is 0 Å². The van der Waals surface area contributed by atoms with E-state index in [0.717, 1.165) is 4.88 Å². The number of amides is 1. The number of rotatable bonds is 2. The van der Waals surface area contributed by atoms with Crippen LogP contribution in [-0.2, 0) is 11.3 Å². The second kappa shape index (κ2) is 4.62. The van der Waals surface area contributed by atoms with Gasteiger partial charge in [0, 0.05) is 16.9 Å². The summed E-state index contributed by atoms with van der Waals surface area (Å²) in [6.45, 7) is 0.345. The fourth-order valence-electron chi connectivity index (χ4n) is 2.23. The van der Waals surface area contributed by atoms with Crippen molar-refractivity contribution in [3.8, 4) is 0 Å². The smallest absolute Gasteiger partial charge is 0.311 e. The summed E-state index contributed by atoms with van der Waals surface area (Å²) in [5.41, 5.74) is 0.0358. The van der Waals surface area contributed by atoms with E-state index in [1.165, 1.54) is 22.2 Å². The first-order chi connectivity index (χ1) is 9.45. The summed E-state index contributed by atoms with van der Waals surface area (Å²) in [6, 6.07) is 3.72. The van der Waals surface area contributed by atoms with Gasteiger partial charge < -0.3 is 5.32 Å². The molecule has 106 valence electrons. The molecule has 0 bridgehead atoms. The monoisotopic (exact) mass is 301 g/mol. The number of nitrogens with zero attached hydrogens (tertiary/aromatic N) is 2. The van der Waals surface area contributed by atoms with E-state index in [2.05, 4.69) is 10.4 Å². The molecule has 1 atom stereocenters. The van der Waals surface area contributed by atoms with E-state index in [0.29, 0.717) is 6.54 Å². The number of thiophene rings is 1. The summed E-state index contributed by atoms with van der Waals surface area (Å²) in [5, 5.41) is 8.35. The van der Waals surface area contributed by atoms with Crippen molar-refractivity contribution < 1.29 is 18.0 Å². The van der Waals surface area contributed by atoms with Gasteiger partial charge in [-0.25, -0.2) is 4.68 Å². The van der Waals surface area contributed by atoms with Gasteiger partial charge in [0.15, 0.2) is 0 Å². The van der Waals surface area contributed by atoms with Crippen molar-refractivity contribution in [2.24, 2.45) is 0 Å². The Morgan fingerprint density at radius 3 is 2.95 bits per heavy atom. The van der Waals surface area contributed by atoms with Crippen molar-refractivity contribution in [2.45, 2.75) is 25.1 Å². The number of hydrogen-bond acceptors (Lipinski definition) is 3. The molecular weight excluding hydrogens is 291 g/mol. The van der Waals surface area contributed by atoms with Crippen LogP contribution in [0.5, 0.6) is 0 Å². The zero-order valence-electron chi connectivity index (χ0n) is 10.1. The standard InChI is InChI=1S/C12H10F3N3OS/c13-12(14,15)9-4-10(19)17-11-8(9)5-16-18(11)6-7-2-1-3-20-7/h1-3,5,9H,4,6H2,(H,17,19). The van der Waals surface area contributed by atoms with Crippen molar-refractivity contribution in [1.29, 1.82) is 0 Å². The molecule has 20 heavy (non-hydrogen) atoms. The van der Waals surface area contributed by atoms with Gasteiger partial charge in [-0.1, -0.05) is 6.07 Å². The number of aromatic nitrogens is 2. The predicted octanol–water partition coefficient (Wildman–Crippen LogP) is 2.98. The minimum atomic E-state index is -4.44. The van der Waals surface area contributed by atoms with E-state index in [4.69, 9.17) is 0 Å². The molecule has 0 aromatic carbocycles. The molecule has 8 heteroatoms. The maximum Gasteiger partial charge on any atom is 0.396 e. The molecule has 3 heterocycles. The third-order valence-corrected chi connectivity index (χ3v) is 4.03. The Morgan fingerprint density at radius 2 is 2.30 bits per heavy atom. The fraction of sp³-hybridized carbons (Fsp3) is 0.333. The zero-order valence-corrected chi connectivity index (χ0v) is 11.0. The van der Waals surface area contributed by atoms with Gasteiger partial charge in [-0.2, -0.15) is 18.3 Å². The van der Waals surface area contributed by atoms with E-state index >= 15 is 0 Å². The summed E-state index contributed by atoms with van der Waals surface area (Å²) < 4.78 is 40.3. The highest BCUT2D eigenvalue weighted by Crippen LogP contribution is 2.43. The highest BCUT2D eigenvalue weighted by atomic mass is 32.1. The molecule has 4 nitrogen and oxygen atoms in total. The maximum absolute atomic E-state index is 13.0. The van der Waals surface area contributed by atoms with Crippen molar-refractivity contribution in [3.05, 3.63) is 34.2 Å². The topological polar surface area (TPSA) is 46.9 Å². The van der Waals surface area contributed by atoms with Gasteiger partial charge in [0.1, 0.15) is 5.82 Å². The molecule has 2 aromatic rings. The Labute approximate surface area is 116 Å². The van der Waals surface area contributed by atoms with Crippen LogP contribution in [0.3, 0.4) is 0 Å². The third-order valence-electron chi connectivity index (χ3n) is 3.17. The molecule has 1 aliphatic rings. The Kier molecular flexibility index (Phi) is 3.04. The second-order valence-corrected chi connectivity index (χ2v) is 5.56. The van der Waals surface area contributed by atoms with Gasteiger partial charge in [0.05, 0.1) is 18.7 Å². The quantitative estimate of drug-likeness (QED) is 0.927. The van der Waals surface area contributed by atoms with E-state index < -0.39 is 24.4 Å². The average Bonchev–Trinajstić information content (AvgIpc) is 2.98.